The number of ether oxygens (including phenoxy) is 1. The summed E-state index contributed by atoms with van der Waals surface area (Å²) in [6, 6.07) is 12.2. The van der Waals surface area contributed by atoms with E-state index in [0.29, 0.717) is 15.8 Å². The molecule has 0 fully saturated rings. The van der Waals surface area contributed by atoms with Gasteiger partial charge in [-0.05, 0) is 51.8 Å². The number of rotatable bonds is 6. The number of nitrogens with two attached hydrogens (primary N) is 1. The summed E-state index contributed by atoms with van der Waals surface area (Å²) >= 11 is 3.27. The van der Waals surface area contributed by atoms with Gasteiger partial charge in [-0.2, -0.15) is 5.26 Å². The number of benzene rings is 2. The van der Waals surface area contributed by atoms with Crippen LogP contribution in [0, 0.1) is 17.1 Å². The molecule has 0 saturated heterocycles. The molecule has 2 rings (SSSR count). The lowest BCUT2D eigenvalue weighted by molar-refractivity contribution is -0.120. The Kier molecular flexibility index (Phi) is 6.47. The van der Waals surface area contributed by atoms with Crippen molar-refractivity contribution in [3.05, 3.63) is 63.9 Å². The lowest BCUT2D eigenvalue weighted by Crippen LogP contribution is -2.20. The Bertz CT molecular complexity index is 922. The van der Waals surface area contributed by atoms with Crippen molar-refractivity contribution in [3.8, 4) is 11.8 Å². The molecule has 0 spiro atoms. The van der Waals surface area contributed by atoms with Gasteiger partial charge in [-0.3, -0.25) is 9.59 Å². The summed E-state index contributed by atoms with van der Waals surface area (Å²) in [6.07, 6.45) is 1.35. The average molecular weight is 418 g/mol. The molecule has 3 N–H and O–H groups in total. The van der Waals surface area contributed by atoms with Gasteiger partial charge in [0.1, 0.15) is 23.2 Å². The highest BCUT2D eigenvalue weighted by atomic mass is 79.9. The van der Waals surface area contributed by atoms with Crippen LogP contribution in [0.5, 0.6) is 5.75 Å². The first kappa shape index (κ1) is 19.1. The molecule has 0 heterocycles. The number of anilines is 1. The van der Waals surface area contributed by atoms with Gasteiger partial charge in [0.2, 0.25) is 0 Å². The van der Waals surface area contributed by atoms with E-state index in [1.807, 2.05) is 0 Å². The minimum absolute atomic E-state index is 0.0185. The molecule has 2 aromatic rings. The van der Waals surface area contributed by atoms with Crippen LogP contribution in [0.2, 0.25) is 0 Å². The van der Waals surface area contributed by atoms with Gasteiger partial charge in [-0.25, -0.2) is 4.39 Å². The van der Waals surface area contributed by atoms with Gasteiger partial charge >= 0.3 is 0 Å². The number of primary amides is 1. The molecule has 0 atom stereocenters. The van der Waals surface area contributed by atoms with E-state index in [1.165, 1.54) is 24.3 Å². The summed E-state index contributed by atoms with van der Waals surface area (Å²) in [4.78, 5) is 22.9. The standard InChI is InChI=1S/C18H13BrFN3O3/c19-13-8-11(5-6-16(13)26-10-17(22)24)7-12(9-21)18(25)23-15-4-2-1-3-14(15)20/h1-8H,10H2,(H2,22,24)(H,23,25)/b12-7+. The second-order valence-corrected chi connectivity index (χ2v) is 5.90. The highest BCUT2D eigenvalue weighted by Crippen LogP contribution is 2.27. The summed E-state index contributed by atoms with van der Waals surface area (Å²) in [5.74, 6) is -1.56. The van der Waals surface area contributed by atoms with Gasteiger partial charge in [-0.1, -0.05) is 18.2 Å². The first-order chi connectivity index (χ1) is 12.4. The lowest BCUT2D eigenvalue weighted by Gasteiger charge is -2.08. The predicted molar refractivity (Wildman–Crippen MR) is 97.5 cm³/mol. The molecule has 0 aliphatic rings. The van der Waals surface area contributed by atoms with Gasteiger partial charge < -0.3 is 15.8 Å². The maximum absolute atomic E-state index is 13.6. The van der Waals surface area contributed by atoms with E-state index < -0.39 is 17.6 Å². The van der Waals surface area contributed by atoms with E-state index in [-0.39, 0.29) is 17.9 Å². The molecule has 0 bridgehead atoms. The maximum atomic E-state index is 13.6. The Morgan fingerprint density at radius 3 is 2.65 bits per heavy atom. The van der Waals surface area contributed by atoms with Crippen LogP contribution in [0.15, 0.2) is 52.5 Å². The van der Waals surface area contributed by atoms with Gasteiger partial charge in [0.15, 0.2) is 6.61 Å². The largest absolute Gasteiger partial charge is 0.483 e. The molecule has 132 valence electrons. The fourth-order valence-corrected chi connectivity index (χ4v) is 2.45. The van der Waals surface area contributed by atoms with E-state index in [1.54, 1.807) is 30.3 Å². The molecule has 0 unspecified atom stereocenters. The van der Waals surface area contributed by atoms with E-state index in [0.717, 1.165) is 0 Å². The molecule has 26 heavy (non-hydrogen) atoms. The van der Waals surface area contributed by atoms with E-state index in [2.05, 4.69) is 21.2 Å². The smallest absolute Gasteiger partial charge is 0.266 e. The number of nitrogens with one attached hydrogen (secondary N) is 1. The van der Waals surface area contributed by atoms with Crippen molar-refractivity contribution in [1.29, 1.82) is 5.26 Å². The molecular formula is C18H13BrFN3O3. The third-order valence-corrected chi connectivity index (χ3v) is 3.74. The second kappa shape index (κ2) is 8.78. The lowest BCUT2D eigenvalue weighted by atomic mass is 10.1. The van der Waals surface area contributed by atoms with Crippen LogP contribution in [0.4, 0.5) is 10.1 Å². The third kappa shape index (κ3) is 5.16. The van der Waals surface area contributed by atoms with E-state index in [9.17, 15) is 19.2 Å². The number of hydrogen-bond donors (Lipinski definition) is 2. The first-order valence-corrected chi connectivity index (χ1v) is 8.08. The van der Waals surface area contributed by atoms with Gasteiger partial charge in [-0.15, -0.1) is 0 Å². The van der Waals surface area contributed by atoms with Gasteiger partial charge in [0.05, 0.1) is 10.2 Å². The third-order valence-electron chi connectivity index (χ3n) is 3.12. The number of carbonyl (C=O) groups excluding carboxylic acids is 2. The molecule has 0 radical (unpaired) electrons. The van der Waals surface area contributed by atoms with E-state index in [4.69, 9.17) is 10.5 Å². The molecule has 2 amide bonds. The molecule has 2 aromatic carbocycles. The fourth-order valence-electron chi connectivity index (χ4n) is 1.94. The Labute approximate surface area is 157 Å². The van der Waals surface area contributed by atoms with Gasteiger partial charge in [0, 0.05) is 0 Å². The minimum atomic E-state index is -0.734. The zero-order chi connectivity index (χ0) is 19.1. The molecule has 8 heteroatoms. The highest BCUT2D eigenvalue weighted by molar-refractivity contribution is 9.10. The summed E-state index contributed by atoms with van der Waals surface area (Å²) < 4.78 is 19.3. The molecule has 0 aliphatic carbocycles. The molecule has 6 nitrogen and oxygen atoms in total. The summed E-state index contributed by atoms with van der Waals surface area (Å²) in [7, 11) is 0. The van der Waals surface area contributed by atoms with Crippen LogP contribution in [0.25, 0.3) is 6.08 Å². The normalized spacial score (nSPS) is 10.7. The van der Waals surface area contributed by atoms with Crippen molar-refractivity contribution in [2.24, 2.45) is 5.73 Å². The number of para-hydroxylation sites is 1. The molecule has 0 saturated carbocycles. The summed E-state index contributed by atoms with van der Waals surface area (Å²) in [5, 5.41) is 11.6. The Morgan fingerprint density at radius 2 is 2.04 bits per heavy atom. The Morgan fingerprint density at radius 1 is 1.31 bits per heavy atom. The number of halogens is 2. The zero-order valence-corrected chi connectivity index (χ0v) is 14.9. The van der Waals surface area contributed by atoms with Gasteiger partial charge in [0.25, 0.3) is 11.8 Å². The van der Waals surface area contributed by atoms with Crippen molar-refractivity contribution < 1.29 is 18.7 Å². The number of amides is 2. The topological polar surface area (TPSA) is 105 Å². The van der Waals surface area contributed by atoms with Crippen LogP contribution in [-0.4, -0.2) is 18.4 Å². The maximum Gasteiger partial charge on any atom is 0.266 e. The second-order valence-electron chi connectivity index (χ2n) is 5.05. The summed E-state index contributed by atoms with van der Waals surface area (Å²) in [5.41, 5.74) is 5.33. The zero-order valence-electron chi connectivity index (χ0n) is 13.3. The van der Waals surface area contributed by atoms with Crippen molar-refractivity contribution in [2.45, 2.75) is 0 Å². The Balaban J connectivity index is 2.19. The van der Waals surface area contributed by atoms with Crippen molar-refractivity contribution in [2.75, 3.05) is 11.9 Å². The minimum Gasteiger partial charge on any atom is -0.483 e. The molecular weight excluding hydrogens is 405 g/mol. The average Bonchev–Trinajstić information content (AvgIpc) is 2.60. The van der Waals surface area contributed by atoms with Crippen molar-refractivity contribution in [1.82, 2.24) is 0 Å². The quantitative estimate of drug-likeness (QED) is 0.556. The van der Waals surface area contributed by atoms with Crippen LogP contribution < -0.4 is 15.8 Å². The highest BCUT2D eigenvalue weighted by Gasteiger charge is 2.12. The number of carbonyl (C=O) groups is 2. The van der Waals surface area contributed by atoms with Crippen LogP contribution in [-0.2, 0) is 9.59 Å². The van der Waals surface area contributed by atoms with Crippen molar-refractivity contribution >= 4 is 39.5 Å². The fraction of sp³-hybridized carbons (Fsp3) is 0.0556. The number of nitriles is 1. The van der Waals surface area contributed by atoms with Crippen LogP contribution in [0.3, 0.4) is 0 Å². The Hall–Kier alpha value is -3.18. The molecule has 0 aromatic heterocycles. The molecule has 0 aliphatic heterocycles. The van der Waals surface area contributed by atoms with E-state index >= 15 is 0 Å². The first-order valence-electron chi connectivity index (χ1n) is 7.29. The SMILES string of the molecule is N#C/C(=C\c1ccc(OCC(N)=O)c(Br)c1)C(=O)Nc1ccccc1F. The number of hydrogen-bond acceptors (Lipinski definition) is 4. The number of nitrogens with zero attached hydrogens (tertiary/aromatic N) is 1. The monoisotopic (exact) mass is 417 g/mol. The van der Waals surface area contributed by atoms with Crippen molar-refractivity contribution in [3.63, 3.8) is 0 Å². The van der Waals surface area contributed by atoms with Crippen LogP contribution >= 0.6 is 15.9 Å². The van der Waals surface area contributed by atoms with Crippen LogP contribution in [0.1, 0.15) is 5.56 Å². The predicted octanol–water partition coefficient (Wildman–Crippen LogP) is 3.00. The summed E-state index contributed by atoms with van der Waals surface area (Å²) in [6.45, 7) is -0.276.